The van der Waals surface area contributed by atoms with Crippen molar-refractivity contribution in [2.24, 2.45) is 5.73 Å². The predicted molar refractivity (Wildman–Crippen MR) is 52.6 cm³/mol. The molecule has 84 valence electrons. The smallest absolute Gasteiger partial charge is 0.377 e. The predicted octanol–water partition coefficient (Wildman–Crippen LogP) is 1.27. The van der Waals surface area contributed by atoms with Crippen LogP contribution in [0.3, 0.4) is 0 Å². The molecule has 0 spiro atoms. The Kier molecular flexibility index (Phi) is 6.82. The highest BCUT2D eigenvalue weighted by molar-refractivity contribution is 7.99. The molecule has 2 N–H and O–H groups in total. The van der Waals surface area contributed by atoms with Crippen LogP contribution in [0.4, 0.5) is 8.78 Å². The number of ether oxygens (including phenoxy) is 1. The van der Waals surface area contributed by atoms with Crippen LogP contribution >= 0.6 is 11.8 Å². The quantitative estimate of drug-likeness (QED) is 0.525. The summed E-state index contributed by atoms with van der Waals surface area (Å²) in [7, 11) is 0. The van der Waals surface area contributed by atoms with E-state index < -0.39 is 17.6 Å². The molecule has 0 aromatic carbocycles. The van der Waals surface area contributed by atoms with Crippen LogP contribution in [0.15, 0.2) is 0 Å². The van der Waals surface area contributed by atoms with Crippen molar-refractivity contribution in [3.8, 4) is 0 Å². The maximum absolute atomic E-state index is 12.9. The molecule has 14 heavy (non-hydrogen) atoms. The van der Waals surface area contributed by atoms with E-state index in [-0.39, 0.29) is 6.61 Å². The number of carbonyl (C=O) groups is 1. The van der Waals surface area contributed by atoms with Crippen LogP contribution in [-0.4, -0.2) is 36.5 Å². The molecule has 0 aromatic heterocycles. The minimum atomic E-state index is -3.38. The second-order valence-electron chi connectivity index (χ2n) is 2.62. The van der Waals surface area contributed by atoms with Crippen LogP contribution in [0.5, 0.6) is 0 Å². The van der Waals surface area contributed by atoms with E-state index in [9.17, 15) is 13.6 Å². The zero-order valence-corrected chi connectivity index (χ0v) is 8.91. The Morgan fingerprint density at radius 1 is 1.57 bits per heavy atom. The first-order chi connectivity index (χ1) is 6.54. The molecule has 0 aliphatic heterocycles. The highest BCUT2D eigenvalue weighted by atomic mass is 32.2. The highest BCUT2D eigenvalue weighted by Crippen LogP contribution is 2.21. The van der Waals surface area contributed by atoms with E-state index in [1.165, 1.54) is 6.92 Å². The lowest BCUT2D eigenvalue weighted by Gasteiger charge is -2.13. The van der Waals surface area contributed by atoms with Crippen molar-refractivity contribution in [2.45, 2.75) is 19.3 Å². The second kappa shape index (κ2) is 7.00. The molecule has 0 saturated carbocycles. The molecule has 0 amide bonds. The van der Waals surface area contributed by atoms with Gasteiger partial charge in [0.05, 0.1) is 12.4 Å². The Hall–Kier alpha value is -0.360. The summed E-state index contributed by atoms with van der Waals surface area (Å²) in [6.07, 6.45) is 0.670. The largest absolute Gasteiger partial charge is 0.462 e. The fourth-order valence-corrected chi connectivity index (χ4v) is 1.57. The number of alkyl halides is 2. The molecule has 6 heteroatoms. The summed E-state index contributed by atoms with van der Waals surface area (Å²) in [4.78, 5) is 10.7. The lowest BCUT2D eigenvalue weighted by atomic mass is 10.4. The van der Waals surface area contributed by atoms with Crippen LogP contribution in [0.2, 0.25) is 0 Å². The molecule has 0 atom stereocenters. The van der Waals surface area contributed by atoms with E-state index >= 15 is 0 Å². The maximum Gasteiger partial charge on any atom is 0.377 e. The summed E-state index contributed by atoms with van der Waals surface area (Å²) in [5.41, 5.74) is 5.19. The molecule has 0 unspecified atom stereocenters. The van der Waals surface area contributed by atoms with Gasteiger partial charge in [-0.1, -0.05) is 0 Å². The lowest BCUT2D eigenvalue weighted by molar-refractivity contribution is -0.167. The Balaban J connectivity index is 3.76. The number of rotatable bonds is 7. The average molecular weight is 227 g/mol. The molecule has 0 fully saturated rings. The number of esters is 1. The van der Waals surface area contributed by atoms with E-state index in [1.807, 2.05) is 0 Å². The molecule has 0 aliphatic carbocycles. The van der Waals surface area contributed by atoms with Gasteiger partial charge >= 0.3 is 11.9 Å². The van der Waals surface area contributed by atoms with E-state index in [0.29, 0.717) is 18.7 Å². The third-order valence-corrected chi connectivity index (χ3v) is 2.49. The average Bonchev–Trinajstić information content (AvgIpc) is 2.13. The summed E-state index contributed by atoms with van der Waals surface area (Å²) >= 11 is 1.01. The van der Waals surface area contributed by atoms with E-state index in [1.54, 1.807) is 0 Å². The van der Waals surface area contributed by atoms with Gasteiger partial charge in [0.1, 0.15) is 0 Å². The molecule has 0 bridgehead atoms. The van der Waals surface area contributed by atoms with Crippen LogP contribution in [0.1, 0.15) is 13.3 Å². The number of carbonyl (C=O) groups excluding carboxylic acids is 1. The number of hydrogen-bond donors (Lipinski definition) is 1. The van der Waals surface area contributed by atoms with Crippen molar-refractivity contribution in [1.29, 1.82) is 0 Å². The first-order valence-corrected chi connectivity index (χ1v) is 5.53. The van der Waals surface area contributed by atoms with Gasteiger partial charge in [-0.25, -0.2) is 4.79 Å². The summed E-state index contributed by atoms with van der Waals surface area (Å²) in [6, 6.07) is 0. The summed E-state index contributed by atoms with van der Waals surface area (Å²) in [6.45, 7) is 1.94. The zero-order chi connectivity index (χ0) is 11.0. The molecular formula is C8H15F2NO2S. The minimum absolute atomic E-state index is 0.0259. The van der Waals surface area contributed by atoms with Crippen LogP contribution in [-0.2, 0) is 9.53 Å². The molecule has 0 heterocycles. The van der Waals surface area contributed by atoms with Gasteiger partial charge in [-0.15, -0.1) is 0 Å². The topological polar surface area (TPSA) is 52.3 Å². The van der Waals surface area contributed by atoms with Crippen molar-refractivity contribution in [1.82, 2.24) is 0 Å². The minimum Gasteiger partial charge on any atom is -0.462 e. The second-order valence-corrected chi connectivity index (χ2v) is 3.72. The lowest BCUT2D eigenvalue weighted by Crippen LogP contribution is -2.33. The normalized spacial score (nSPS) is 11.4. The molecule has 0 aliphatic rings. The third-order valence-electron chi connectivity index (χ3n) is 1.35. The van der Waals surface area contributed by atoms with Crippen LogP contribution < -0.4 is 5.73 Å². The molecule has 0 rings (SSSR count). The van der Waals surface area contributed by atoms with Crippen molar-refractivity contribution in [2.75, 3.05) is 24.7 Å². The fraction of sp³-hybridized carbons (Fsp3) is 0.875. The fourth-order valence-electron chi connectivity index (χ4n) is 0.681. The summed E-state index contributed by atoms with van der Waals surface area (Å²) in [5, 5.41) is 0. The Morgan fingerprint density at radius 3 is 2.71 bits per heavy atom. The maximum atomic E-state index is 12.9. The number of nitrogens with two attached hydrogens (primary N) is 1. The molecular weight excluding hydrogens is 212 g/mol. The van der Waals surface area contributed by atoms with Crippen molar-refractivity contribution in [3.63, 3.8) is 0 Å². The molecule has 0 aromatic rings. The Bertz CT molecular complexity index is 179. The van der Waals surface area contributed by atoms with Gasteiger partial charge in [0.25, 0.3) is 0 Å². The molecule has 3 nitrogen and oxygen atoms in total. The zero-order valence-electron chi connectivity index (χ0n) is 8.09. The van der Waals surface area contributed by atoms with Crippen molar-refractivity contribution >= 4 is 17.7 Å². The van der Waals surface area contributed by atoms with Crippen molar-refractivity contribution in [3.05, 3.63) is 0 Å². The first kappa shape index (κ1) is 13.6. The highest BCUT2D eigenvalue weighted by Gasteiger charge is 2.40. The molecule has 0 radical (unpaired) electrons. The van der Waals surface area contributed by atoms with Crippen LogP contribution in [0.25, 0.3) is 0 Å². The van der Waals surface area contributed by atoms with Crippen LogP contribution in [0, 0.1) is 0 Å². The monoisotopic (exact) mass is 227 g/mol. The summed E-state index contributed by atoms with van der Waals surface area (Å²) < 4.78 is 30.0. The third kappa shape index (κ3) is 5.39. The number of hydrogen-bond acceptors (Lipinski definition) is 4. The van der Waals surface area contributed by atoms with Crippen molar-refractivity contribution < 1.29 is 18.3 Å². The van der Waals surface area contributed by atoms with Gasteiger partial charge in [0.15, 0.2) is 0 Å². The van der Waals surface area contributed by atoms with Gasteiger partial charge in [-0.05, 0) is 25.6 Å². The first-order valence-electron chi connectivity index (χ1n) is 4.37. The van der Waals surface area contributed by atoms with Gasteiger partial charge in [-0.2, -0.15) is 20.5 Å². The van der Waals surface area contributed by atoms with Gasteiger partial charge in [0, 0.05) is 0 Å². The Labute approximate surface area is 86.4 Å². The molecule has 0 saturated heterocycles. The van der Waals surface area contributed by atoms with E-state index in [2.05, 4.69) is 4.74 Å². The van der Waals surface area contributed by atoms with E-state index in [4.69, 9.17) is 5.73 Å². The Morgan fingerprint density at radius 2 is 2.21 bits per heavy atom. The summed E-state index contributed by atoms with van der Waals surface area (Å²) in [5.74, 6) is -4.83. The SMILES string of the molecule is CCOC(=O)C(F)(F)CSCCCN. The van der Waals surface area contributed by atoms with E-state index in [0.717, 1.165) is 11.8 Å². The number of halogens is 2. The van der Waals surface area contributed by atoms with Gasteiger partial charge in [-0.3, -0.25) is 0 Å². The number of thioether (sulfide) groups is 1. The standard InChI is InChI=1S/C8H15F2NO2S/c1-2-13-7(12)8(9,10)6-14-5-3-4-11/h2-6,11H2,1H3. The van der Waals surface area contributed by atoms with Gasteiger partial charge < -0.3 is 10.5 Å². The van der Waals surface area contributed by atoms with Gasteiger partial charge in [0.2, 0.25) is 0 Å².